The highest BCUT2D eigenvalue weighted by Crippen LogP contribution is 2.45. The van der Waals surface area contributed by atoms with Gasteiger partial charge < -0.3 is 33.8 Å². The maximum absolute atomic E-state index is 13.1. The number of hydrogen-bond donors (Lipinski definition) is 3. The maximum atomic E-state index is 13.1. The standard InChI is InChI=1S/C80H156O17P2/c1-8-9-10-11-12-40-47-54-61-77(82)90-67-75(96-79(84)64-57-50-43-36-30-24-18-21-27-33-39-46-53-60-73(6)7)69-94-98(86,87)92-65-74(81)66-93-99(88,89)95-70-76(68-91-78(83)62-55-48-41-34-28-22-17-16-20-26-32-38-45-52-59-72(4)5)97-80(85)63-56-49-42-35-29-23-15-13-14-19-25-31-37-44-51-58-71(2)3/h71-76,81H,8-70H2,1-7H3,(H,86,87)(H,88,89)/t74-,75+,76+/m0/s1. The predicted molar refractivity (Wildman–Crippen MR) is 405 cm³/mol. The van der Waals surface area contributed by atoms with E-state index >= 15 is 0 Å². The van der Waals surface area contributed by atoms with Gasteiger partial charge in [-0.25, -0.2) is 9.13 Å². The summed E-state index contributed by atoms with van der Waals surface area (Å²) in [5.74, 6) is 0.275. The monoisotopic (exact) mass is 1450 g/mol. The molecule has 17 nitrogen and oxygen atoms in total. The molecule has 0 aliphatic carbocycles. The van der Waals surface area contributed by atoms with Crippen LogP contribution in [0.25, 0.3) is 0 Å². The molecule has 0 amide bonds. The second-order valence-corrected chi connectivity index (χ2v) is 33.1. The summed E-state index contributed by atoms with van der Waals surface area (Å²) in [6, 6.07) is 0. The maximum Gasteiger partial charge on any atom is 0.472 e. The highest BCUT2D eigenvalue weighted by atomic mass is 31.2. The number of hydrogen-bond acceptors (Lipinski definition) is 15. The number of aliphatic hydroxyl groups excluding tert-OH is 1. The molecular weight excluding hydrogens is 1290 g/mol. The first-order chi connectivity index (χ1) is 47.7. The Morgan fingerprint density at radius 3 is 0.687 bits per heavy atom. The number of rotatable bonds is 78. The summed E-state index contributed by atoms with van der Waals surface area (Å²) in [5, 5.41) is 10.6. The summed E-state index contributed by atoms with van der Waals surface area (Å²) < 4.78 is 68.6. The molecule has 588 valence electrons. The van der Waals surface area contributed by atoms with Crippen LogP contribution in [0.4, 0.5) is 0 Å². The fourth-order valence-corrected chi connectivity index (χ4v) is 13.9. The molecule has 0 fully saturated rings. The van der Waals surface area contributed by atoms with E-state index in [-0.39, 0.29) is 25.7 Å². The second kappa shape index (κ2) is 70.4. The van der Waals surface area contributed by atoms with E-state index < -0.39 is 97.5 Å². The number of phosphoric acid groups is 2. The van der Waals surface area contributed by atoms with E-state index in [0.717, 1.165) is 114 Å². The molecule has 3 N–H and O–H groups in total. The summed E-state index contributed by atoms with van der Waals surface area (Å²) in [6.45, 7) is 12.0. The SMILES string of the molecule is CCCCCCCCCCC(=O)OC[C@H](COP(=O)(O)OC[C@H](O)COP(=O)(O)OC[C@@H](COC(=O)CCCCCCCCCCCCCCCCC(C)C)OC(=O)CCCCCCCCCCCCCCCCCC(C)C)OC(=O)CCCCCCCCCCCCCCCC(C)C. The Labute approximate surface area is 607 Å². The molecule has 99 heavy (non-hydrogen) atoms. The Bertz CT molecular complexity index is 1920. The summed E-state index contributed by atoms with van der Waals surface area (Å²) in [4.78, 5) is 72.9. The molecule has 0 saturated heterocycles. The minimum atomic E-state index is -4.96. The van der Waals surface area contributed by atoms with Gasteiger partial charge in [0.25, 0.3) is 0 Å². The van der Waals surface area contributed by atoms with Gasteiger partial charge in [-0.15, -0.1) is 0 Å². The molecule has 0 rings (SSSR count). The van der Waals surface area contributed by atoms with Crippen LogP contribution < -0.4 is 0 Å². The number of aliphatic hydroxyl groups is 1. The average Bonchev–Trinajstić information content (AvgIpc) is 0.963. The van der Waals surface area contributed by atoms with Crippen molar-refractivity contribution in [3.63, 3.8) is 0 Å². The van der Waals surface area contributed by atoms with Crippen LogP contribution in [0.3, 0.4) is 0 Å². The zero-order valence-electron chi connectivity index (χ0n) is 65.0. The molecule has 0 aromatic carbocycles. The van der Waals surface area contributed by atoms with Gasteiger partial charge in [0.15, 0.2) is 12.2 Å². The molecule has 0 aromatic rings. The first kappa shape index (κ1) is 97.1. The fraction of sp³-hybridized carbons (Fsp3) is 0.950. The molecule has 5 atom stereocenters. The van der Waals surface area contributed by atoms with Crippen LogP contribution in [0, 0.1) is 17.8 Å². The molecule has 19 heteroatoms. The quantitative estimate of drug-likeness (QED) is 0.0222. The number of phosphoric ester groups is 2. The predicted octanol–water partition coefficient (Wildman–Crippen LogP) is 23.7. The Morgan fingerprint density at radius 2 is 0.465 bits per heavy atom. The van der Waals surface area contributed by atoms with Crippen molar-refractivity contribution in [3.05, 3.63) is 0 Å². The van der Waals surface area contributed by atoms with Gasteiger partial charge in [-0.3, -0.25) is 37.3 Å². The lowest BCUT2D eigenvalue weighted by molar-refractivity contribution is -0.161. The summed E-state index contributed by atoms with van der Waals surface area (Å²) in [5.41, 5.74) is 0. The molecular formula is C80H156O17P2. The van der Waals surface area contributed by atoms with Gasteiger partial charge in [0.1, 0.15) is 19.3 Å². The molecule has 0 spiro atoms. The molecule has 0 heterocycles. The summed E-state index contributed by atoms with van der Waals surface area (Å²) >= 11 is 0. The van der Waals surface area contributed by atoms with Crippen molar-refractivity contribution in [2.24, 2.45) is 17.8 Å². The van der Waals surface area contributed by atoms with Gasteiger partial charge in [-0.2, -0.15) is 0 Å². The largest absolute Gasteiger partial charge is 0.472 e. The third-order valence-corrected chi connectivity index (χ3v) is 20.5. The Hall–Kier alpha value is -1.94. The van der Waals surface area contributed by atoms with E-state index in [9.17, 15) is 43.2 Å². The highest BCUT2D eigenvalue weighted by Gasteiger charge is 2.30. The lowest BCUT2D eigenvalue weighted by atomic mass is 10.0. The van der Waals surface area contributed by atoms with Gasteiger partial charge in [-0.05, 0) is 43.4 Å². The Morgan fingerprint density at radius 1 is 0.273 bits per heavy atom. The first-order valence-corrected chi connectivity index (χ1v) is 44.3. The molecule has 0 bridgehead atoms. The van der Waals surface area contributed by atoms with E-state index in [1.54, 1.807) is 0 Å². The fourth-order valence-electron chi connectivity index (χ4n) is 12.3. The van der Waals surface area contributed by atoms with Gasteiger partial charge in [-0.1, -0.05) is 363 Å². The molecule has 0 aliphatic rings. The Balaban J connectivity index is 5.21. The second-order valence-electron chi connectivity index (χ2n) is 30.2. The van der Waals surface area contributed by atoms with Gasteiger partial charge in [0, 0.05) is 25.7 Å². The van der Waals surface area contributed by atoms with Crippen molar-refractivity contribution in [3.8, 4) is 0 Å². The molecule has 2 unspecified atom stereocenters. The van der Waals surface area contributed by atoms with Gasteiger partial charge in [0.2, 0.25) is 0 Å². The molecule has 0 saturated carbocycles. The number of unbranched alkanes of at least 4 members (excludes halogenated alkanes) is 46. The highest BCUT2D eigenvalue weighted by molar-refractivity contribution is 7.47. The van der Waals surface area contributed by atoms with Crippen LogP contribution in [0.1, 0.15) is 414 Å². The minimum absolute atomic E-state index is 0.107. The first-order valence-electron chi connectivity index (χ1n) is 41.3. The number of esters is 4. The number of carbonyl (C=O) groups is 4. The van der Waals surface area contributed by atoms with Crippen molar-refractivity contribution >= 4 is 39.5 Å². The van der Waals surface area contributed by atoms with E-state index in [1.165, 1.54) is 218 Å². The summed E-state index contributed by atoms with van der Waals surface area (Å²) in [6.07, 6.45) is 58.3. The van der Waals surface area contributed by atoms with Crippen LogP contribution >= 0.6 is 15.6 Å². The molecule has 0 aliphatic heterocycles. The van der Waals surface area contributed by atoms with Gasteiger partial charge >= 0.3 is 39.5 Å². The topological polar surface area (TPSA) is 237 Å². The van der Waals surface area contributed by atoms with Crippen LogP contribution in [0.5, 0.6) is 0 Å². The lowest BCUT2D eigenvalue weighted by Gasteiger charge is -2.21. The van der Waals surface area contributed by atoms with Crippen molar-refractivity contribution in [1.82, 2.24) is 0 Å². The average molecular weight is 1450 g/mol. The third-order valence-electron chi connectivity index (χ3n) is 18.6. The summed E-state index contributed by atoms with van der Waals surface area (Å²) in [7, 11) is -9.92. The van der Waals surface area contributed by atoms with Crippen molar-refractivity contribution in [1.29, 1.82) is 0 Å². The molecule has 0 aromatic heterocycles. The smallest absolute Gasteiger partial charge is 0.462 e. The van der Waals surface area contributed by atoms with Crippen LogP contribution in [0.15, 0.2) is 0 Å². The van der Waals surface area contributed by atoms with E-state index in [0.29, 0.717) is 25.7 Å². The van der Waals surface area contributed by atoms with Crippen LogP contribution in [-0.2, 0) is 65.4 Å². The lowest BCUT2D eigenvalue weighted by Crippen LogP contribution is -2.30. The zero-order valence-corrected chi connectivity index (χ0v) is 66.8. The van der Waals surface area contributed by atoms with Crippen LogP contribution in [0.2, 0.25) is 0 Å². The van der Waals surface area contributed by atoms with E-state index in [4.69, 9.17) is 37.0 Å². The number of carbonyl (C=O) groups excluding carboxylic acids is 4. The third kappa shape index (κ3) is 74.1. The minimum Gasteiger partial charge on any atom is -0.462 e. The number of ether oxygens (including phenoxy) is 4. The molecule has 0 radical (unpaired) electrons. The normalized spacial score (nSPS) is 14.0. The Kier molecular flexibility index (Phi) is 69.0. The van der Waals surface area contributed by atoms with Crippen LogP contribution in [-0.4, -0.2) is 96.7 Å². The van der Waals surface area contributed by atoms with Crippen molar-refractivity contribution in [2.75, 3.05) is 39.6 Å². The van der Waals surface area contributed by atoms with Gasteiger partial charge in [0.05, 0.1) is 26.4 Å². The van der Waals surface area contributed by atoms with E-state index in [1.807, 2.05) is 0 Å². The van der Waals surface area contributed by atoms with Crippen molar-refractivity contribution < 1.29 is 80.2 Å². The van der Waals surface area contributed by atoms with Crippen molar-refractivity contribution in [2.45, 2.75) is 433 Å². The zero-order chi connectivity index (χ0) is 73.0. The van der Waals surface area contributed by atoms with E-state index in [2.05, 4.69) is 48.5 Å².